The first-order valence-electron chi connectivity index (χ1n) is 6.78. The fraction of sp³-hybridized carbons (Fsp3) is 0.267. The molecule has 0 spiro atoms. The summed E-state index contributed by atoms with van der Waals surface area (Å²) >= 11 is 0. The van der Waals surface area contributed by atoms with Crippen molar-refractivity contribution in [2.75, 3.05) is 24.1 Å². The topological polar surface area (TPSA) is 74.3 Å². The van der Waals surface area contributed by atoms with Gasteiger partial charge in [0.15, 0.2) is 0 Å². The maximum Gasteiger partial charge on any atom is 0.302 e. The minimum absolute atomic E-state index is 0.278. The zero-order valence-electron chi connectivity index (χ0n) is 13.1. The third-order valence-corrected chi connectivity index (χ3v) is 4.58. The maximum absolute atomic E-state index is 11.7. The first kappa shape index (κ1) is 16.3. The second kappa shape index (κ2) is 6.33. The molecule has 7 heteroatoms. The normalized spacial score (nSPS) is 11.5. The van der Waals surface area contributed by atoms with Crippen LogP contribution in [0.3, 0.4) is 0 Å². The third-order valence-electron chi connectivity index (χ3n) is 3.15. The van der Waals surface area contributed by atoms with Gasteiger partial charge < -0.3 is 5.32 Å². The van der Waals surface area contributed by atoms with Gasteiger partial charge in [-0.2, -0.15) is 12.7 Å². The number of nitrogens with one attached hydrogen (secondary N) is 2. The molecule has 0 bridgehead atoms. The Hall–Kier alpha value is -2.12. The van der Waals surface area contributed by atoms with E-state index in [1.165, 1.54) is 14.1 Å². The second-order valence-electron chi connectivity index (χ2n) is 5.26. The number of anilines is 3. The molecule has 0 amide bonds. The molecule has 2 aromatic rings. The molecule has 0 saturated carbocycles. The van der Waals surface area contributed by atoms with Crippen LogP contribution in [0.25, 0.3) is 0 Å². The summed E-state index contributed by atoms with van der Waals surface area (Å²) in [5, 5.41) is 3.28. The van der Waals surface area contributed by atoms with E-state index in [-0.39, 0.29) is 5.82 Å². The monoisotopic (exact) mass is 320 g/mol. The van der Waals surface area contributed by atoms with Crippen LogP contribution in [-0.4, -0.2) is 31.8 Å². The Kier molecular flexibility index (Phi) is 4.68. The van der Waals surface area contributed by atoms with Crippen LogP contribution in [0.1, 0.15) is 11.1 Å². The molecule has 0 aliphatic rings. The summed E-state index contributed by atoms with van der Waals surface area (Å²) < 4.78 is 26.9. The summed E-state index contributed by atoms with van der Waals surface area (Å²) in [4.78, 5) is 4.12. The number of rotatable bonds is 5. The van der Waals surface area contributed by atoms with Crippen molar-refractivity contribution in [1.82, 2.24) is 9.29 Å². The van der Waals surface area contributed by atoms with Crippen molar-refractivity contribution < 1.29 is 8.42 Å². The van der Waals surface area contributed by atoms with Crippen molar-refractivity contribution in [2.24, 2.45) is 0 Å². The Morgan fingerprint density at radius 3 is 2.41 bits per heavy atom. The highest BCUT2D eigenvalue weighted by molar-refractivity contribution is 7.90. The van der Waals surface area contributed by atoms with E-state index in [0.717, 1.165) is 26.8 Å². The number of hydrogen-bond acceptors (Lipinski definition) is 4. The van der Waals surface area contributed by atoms with Gasteiger partial charge in [-0.1, -0.05) is 12.1 Å². The van der Waals surface area contributed by atoms with Gasteiger partial charge in [0, 0.05) is 19.8 Å². The zero-order valence-corrected chi connectivity index (χ0v) is 13.9. The van der Waals surface area contributed by atoms with Gasteiger partial charge in [0.2, 0.25) is 0 Å². The highest BCUT2D eigenvalue weighted by atomic mass is 32.2. The fourth-order valence-electron chi connectivity index (χ4n) is 1.78. The van der Waals surface area contributed by atoms with Crippen LogP contribution in [0.5, 0.6) is 0 Å². The molecule has 0 radical (unpaired) electrons. The van der Waals surface area contributed by atoms with E-state index < -0.39 is 10.2 Å². The van der Waals surface area contributed by atoms with Crippen LogP contribution >= 0.6 is 0 Å². The van der Waals surface area contributed by atoms with Crippen LogP contribution in [0.2, 0.25) is 0 Å². The number of aromatic nitrogens is 1. The lowest BCUT2D eigenvalue weighted by Crippen LogP contribution is -2.29. The van der Waals surface area contributed by atoms with Crippen LogP contribution in [0.15, 0.2) is 36.5 Å². The van der Waals surface area contributed by atoms with Crippen molar-refractivity contribution in [3.05, 3.63) is 47.7 Å². The van der Waals surface area contributed by atoms with E-state index in [0.29, 0.717) is 0 Å². The van der Waals surface area contributed by atoms with E-state index in [9.17, 15) is 8.42 Å². The average Bonchev–Trinajstić information content (AvgIpc) is 2.44. The Bertz CT molecular complexity index is 756. The maximum atomic E-state index is 11.7. The summed E-state index contributed by atoms with van der Waals surface area (Å²) in [7, 11) is -0.621. The first-order valence-corrected chi connectivity index (χ1v) is 8.22. The van der Waals surface area contributed by atoms with Crippen molar-refractivity contribution in [3.63, 3.8) is 0 Å². The molecular formula is C15H20N4O2S. The molecule has 0 atom stereocenters. The van der Waals surface area contributed by atoms with Gasteiger partial charge in [0.05, 0.1) is 11.9 Å². The number of hydrogen-bond donors (Lipinski definition) is 2. The summed E-state index contributed by atoms with van der Waals surface area (Å²) in [5.41, 5.74) is 4.09. The first-order chi connectivity index (χ1) is 10.3. The van der Waals surface area contributed by atoms with Crippen molar-refractivity contribution in [1.29, 1.82) is 0 Å². The Balaban J connectivity index is 2.14. The molecule has 0 saturated heterocycles. The zero-order chi connectivity index (χ0) is 16.3. The Morgan fingerprint density at radius 1 is 1.09 bits per heavy atom. The molecule has 0 fully saturated rings. The van der Waals surface area contributed by atoms with Crippen molar-refractivity contribution >= 4 is 27.4 Å². The van der Waals surface area contributed by atoms with E-state index in [1.807, 2.05) is 19.9 Å². The lowest BCUT2D eigenvalue weighted by molar-refractivity contribution is 0.526. The van der Waals surface area contributed by atoms with E-state index in [1.54, 1.807) is 18.3 Å². The SMILES string of the molecule is Cc1ccc(C)c(Nc2ccc(NS(=O)(=O)N(C)C)nc2)c1. The van der Waals surface area contributed by atoms with Crippen LogP contribution in [0.4, 0.5) is 17.2 Å². The van der Waals surface area contributed by atoms with Crippen LogP contribution < -0.4 is 10.0 Å². The third kappa shape index (κ3) is 3.96. The lowest BCUT2D eigenvalue weighted by Gasteiger charge is -2.13. The van der Waals surface area contributed by atoms with Crippen LogP contribution in [-0.2, 0) is 10.2 Å². The summed E-state index contributed by atoms with van der Waals surface area (Å²) in [5.74, 6) is 0.278. The van der Waals surface area contributed by atoms with Gasteiger partial charge in [-0.3, -0.25) is 4.72 Å². The van der Waals surface area contributed by atoms with Crippen LogP contribution in [0, 0.1) is 13.8 Å². The van der Waals surface area contributed by atoms with Crippen molar-refractivity contribution in [3.8, 4) is 0 Å². The molecule has 2 rings (SSSR count). The number of pyridine rings is 1. The minimum Gasteiger partial charge on any atom is -0.354 e. The Labute approximate surface area is 131 Å². The molecule has 6 nitrogen and oxygen atoms in total. The smallest absolute Gasteiger partial charge is 0.302 e. The van der Waals surface area contributed by atoms with E-state index in [4.69, 9.17) is 0 Å². The molecule has 0 aliphatic heterocycles. The fourth-order valence-corrected chi connectivity index (χ4v) is 2.35. The minimum atomic E-state index is -3.53. The number of benzene rings is 1. The van der Waals surface area contributed by atoms with Gasteiger partial charge in [0.25, 0.3) is 0 Å². The van der Waals surface area contributed by atoms with E-state index in [2.05, 4.69) is 27.2 Å². The van der Waals surface area contributed by atoms with Gasteiger partial charge >= 0.3 is 10.2 Å². The standard InChI is InChI=1S/C15H20N4O2S/c1-11-5-6-12(2)14(9-11)17-13-7-8-15(16-10-13)18-22(20,21)19(3)4/h5-10,17H,1-4H3,(H,16,18). The molecule has 118 valence electrons. The molecular weight excluding hydrogens is 300 g/mol. The highest BCUT2D eigenvalue weighted by Crippen LogP contribution is 2.22. The molecule has 22 heavy (non-hydrogen) atoms. The van der Waals surface area contributed by atoms with Gasteiger partial charge in [-0.15, -0.1) is 0 Å². The largest absolute Gasteiger partial charge is 0.354 e. The average molecular weight is 320 g/mol. The predicted molar refractivity (Wildman–Crippen MR) is 89.7 cm³/mol. The van der Waals surface area contributed by atoms with Crippen molar-refractivity contribution in [2.45, 2.75) is 13.8 Å². The van der Waals surface area contributed by atoms with Gasteiger partial charge in [0.1, 0.15) is 5.82 Å². The van der Waals surface area contributed by atoms with E-state index >= 15 is 0 Å². The summed E-state index contributed by atoms with van der Waals surface area (Å²) in [6.07, 6.45) is 1.59. The lowest BCUT2D eigenvalue weighted by atomic mass is 10.1. The molecule has 0 aliphatic carbocycles. The number of aryl methyl sites for hydroxylation is 2. The molecule has 2 N–H and O–H groups in total. The number of nitrogens with zero attached hydrogens (tertiary/aromatic N) is 2. The molecule has 1 aromatic heterocycles. The van der Waals surface area contributed by atoms with Gasteiger partial charge in [-0.05, 0) is 43.2 Å². The molecule has 1 heterocycles. The Morgan fingerprint density at radius 2 is 1.82 bits per heavy atom. The highest BCUT2D eigenvalue weighted by Gasteiger charge is 2.13. The van der Waals surface area contributed by atoms with Gasteiger partial charge in [-0.25, -0.2) is 4.98 Å². The summed E-state index contributed by atoms with van der Waals surface area (Å²) in [6, 6.07) is 9.55. The molecule has 1 aromatic carbocycles. The summed E-state index contributed by atoms with van der Waals surface area (Å²) in [6.45, 7) is 4.05. The quantitative estimate of drug-likeness (QED) is 0.888. The second-order valence-corrected chi connectivity index (χ2v) is 7.15. The predicted octanol–water partition coefficient (Wildman–Crippen LogP) is 2.66. The molecule has 0 unspecified atom stereocenters.